The number of nitrogens with one attached hydrogen (secondary N) is 1. The summed E-state index contributed by atoms with van der Waals surface area (Å²) in [5.74, 6) is 0. The van der Waals surface area contributed by atoms with Crippen molar-refractivity contribution in [2.24, 2.45) is 0 Å². The molecule has 2 rings (SSSR count). The van der Waals surface area contributed by atoms with Crippen molar-refractivity contribution in [3.8, 4) is 0 Å². The van der Waals surface area contributed by atoms with Gasteiger partial charge in [0.2, 0.25) is 0 Å². The minimum atomic E-state index is 0.535. The van der Waals surface area contributed by atoms with Gasteiger partial charge < -0.3 is 10.2 Å². The highest BCUT2D eigenvalue weighted by Gasteiger charge is 2.11. The average molecular weight is 277 g/mol. The maximum Gasteiger partial charge on any atom is 0.132 e. The molecule has 0 spiro atoms. The summed E-state index contributed by atoms with van der Waals surface area (Å²) in [6.07, 6.45) is 0. The molecule has 0 aromatic carbocycles. The fourth-order valence-electron chi connectivity index (χ4n) is 1.56. The van der Waals surface area contributed by atoms with Crippen LogP contribution < -0.4 is 10.2 Å². The lowest BCUT2D eigenvalue weighted by molar-refractivity contribution is 0.589. The summed E-state index contributed by atoms with van der Waals surface area (Å²) < 4.78 is 0.790. The summed E-state index contributed by atoms with van der Waals surface area (Å²) >= 11 is 9.23. The van der Waals surface area contributed by atoms with Gasteiger partial charge in [-0.1, -0.05) is 11.6 Å². The van der Waals surface area contributed by atoms with Crippen LogP contribution in [0.1, 0.15) is 0 Å². The number of nitrogens with zero attached hydrogens (tertiary/aromatic N) is 2. The van der Waals surface area contributed by atoms with Gasteiger partial charge in [0.05, 0.1) is 0 Å². The molecule has 0 atom stereocenters. The Morgan fingerprint density at radius 1 is 1.36 bits per heavy atom. The minimum absolute atomic E-state index is 0.535. The summed E-state index contributed by atoms with van der Waals surface area (Å²) in [5, 5.41) is 3.85. The van der Waals surface area contributed by atoms with E-state index in [1.165, 1.54) is 0 Å². The summed E-state index contributed by atoms with van der Waals surface area (Å²) in [6.45, 7) is 4.09. The smallest absolute Gasteiger partial charge is 0.132 e. The molecule has 0 unspecified atom stereocenters. The first-order valence-corrected chi connectivity index (χ1v) is 5.71. The standard InChI is InChI=1S/C9H11BrClN3/c10-8-5-7(6-9(11)13-8)14-3-1-12-2-4-14/h5-6,12H,1-4H2. The summed E-state index contributed by atoms with van der Waals surface area (Å²) in [5.41, 5.74) is 1.14. The van der Waals surface area contributed by atoms with Crippen LogP contribution in [0.3, 0.4) is 0 Å². The van der Waals surface area contributed by atoms with Gasteiger partial charge in [-0.05, 0) is 28.1 Å². The molecule has 0 aliphatic carbocycles. The third-order valence-electron chi connectivity index (χ3n) is 2.23. The van der Waals surface area contributed by atoms with Crippen LogP contribution in [0.4, 0.5) is 5.69 Å². The van der Waals surface area contributed by atoms with Crippen molar-refractivity contribution >= 4 is 33.2 Å². The number of aromatic nitrogens is 1. The van der Waals surface area contributed by atoms with Crippen LogP contribution in [0.25, 0.3) is 0 Å². The van der Waals surface area contributed by atoms with Crippen LogP contribution in [0, 0.1) is 0 Å². The largest absolute Gasteiger partial charge is 0.369 e. The highest BCUT2D eigenvalue weighted by Crippen LogP contribution is 2.22. The predicted octanol–water partition coefficient (Wildman–Crippen LogP) is 1.91. The topological polar surface area (TPSA) is 28.2 Å². The number of hydrogen-bond acceptors (Lipinski definition) is 3. The molecule has 14 heavy (non-hydrogen) atoms. The molecule has 76 valence electrons. The number of rotatable bonds is 1. The van der Waals surface area contributed by atoms with E-state index in [0.29, 0.717) is 5.15 Å². The lowest BCUT2D eigenvalue weighted by Crippen LogP contribution is -2.43. The highest BCUT2D eigenvalue weighted by molar-refractivity contribution is 9.10. The fourth-order valence-corrected chi connectivity index (χ4v) is 2.29. The van der Waals surface area contributed by atoms with E-state index < -0.39 is 0 Å². The van der Waals surface area contributed by atoms with Crippen LogP contribution in [0.5, 0.6) is 0 Å². The van der Waals surface area contributed by atoms with Gasteiger partial charge in [-0.25, -0.2) is 4.98 Å². The number of hydrogen-bond donors (Lipinski definition) is 1. The van der Waals surface area contributed by atoms with Crippen molar-refractivity contribution in [2.45, 2.75) is 0 Å². The molecule has 3 nitrogen and oxygen atoms in total. The Hall–Kier alpha value is -0.320. The second kappa shape index (κ2) is 4.47. The van der Waals surface area contributed by atoms with Crippen molar-refractivity contribution < 1.29 is 0 Å². The van der Waals surface area contributed by atoms with Crippen molar-refractivity contribution in [1.29, 1.82) is 0 Å². The van der Waals surface area contributed by atoms with Crippen LogP contribution in [0.15, 0.2) is 16.7 Å². The zero-order valence-corrected chi connectivity index (χ0v) is 9.98. The van der Waals surface area contributed by atoms with Crippen LogP contribution in [0.2, 0.25) is 5.15 Å². The average Bonchev–Trinajstić information content (AvgIpc) is 2.18. The Morgan fingerprint density at radius 2 is 2.07 bits per heavy atom. The van der Waals surface area contributed by atoms with Crippen molar-refractivity contribution in [2.75, 3.05) is 31.1 Å². The van der Waals surface area contributed by atoms with E-state index in [-0.39, 0.29) is 0 Å². The molecule has 1 aliphatic heterocycles. The second-order valence-corrected chi connectivity index (χ2v) is 4.41. The normalized spacial score (nSPS) is 17.1. The first-order chi connectivity index (χ1) is 6.75. The zero-order chi connectivity index (χ0) is 9.97. The van der Waals surface area contributed by atoms with Gasteiger partial charge in [-0.2, -0.15) is 0 Å². The van der Waals surface area contributed by atoms with Gasteiger partial charge in [-0.15, -0.1) is 0 Å². The third-order valence-corrected chi connectivity index (χ3v) is 2.83. The van der Waals surface area contributed by atoms with E-state index in [1.807, 2.05) is 12.1 Å². The van der Waals surface area contributed by atoms with Gasteiger partial charge in [0.1, 0.15) is 9.76 Å². The van der Waals surface area contributed by atoms with Gasteiger partial charge in [0, 0.05) is 31.9 Å². The SMILES string of the molecule is Clc1cc(N2CCNCC2)cc(Br)n1. The summed E-state index contributed by atoms with van der Waals surface area (Å²) in [7, 11) is 0. The van der Waals surface area contributed by atoms with Gasteiger partial charge in [0.15, 0.2) is 0 Å². The van der Waals surface area contributed by atoms with Crippen molar-refractivity contribution in [3.05, 3.63) is 21.9 Å². The fraction of sp³-hybridized carbons (Fsp3) is 0.444. The van der Waals surface area contributed by atoms with E-state index in [0.717, 1.165) is 36.5 Å². The minimum Gasteiger partial charge on any atom is -0.369 e. The van der Waals surface area contributed by atoms with E-state index in [1.54, 1.807) is 0 Å². The van der Waals surface area contributed by atoms with Crippen molar-refractivity contribution in [1.82, 2.24) is 10.3 Å². The van der Waals surface area contributed by atoms with Crippen LogP contribution in [-0.2, 0) is 0 Å². The van der Waals surface area contributed by atoms with Gasteiger partial charge in [0.25, 0.3) is 0 Å². The molecule has 2 heterocycles. The van der Waals surface area contributed by atoms with E-state index >= 15 is 0 Å². The molecule has 0 saturated carbocycles. The highest BCUT2D eigenvalue weighted by atomic mass is 79.9. The molecule has 1 aromatic rings. The van der Waals surface area contributed by atoms with E-state index in [9.17, 15) is 0 Å². The Kier molecular flexibility index (Phi) is 3.26. The Morgan fingerprint density at radius 3 is 2.71 bits per heavy atom. The van der Waals surface area contributed by atoms with Crippen LogP contribution in [-0.4, -0.2) is 31.2 Å². The maximum absolute atomic E-state index is 5.89. The zero-order valence-electron chi connectivity index (χ0n) is 7.63. The van der Waals surface area contributed by atoms with E-state index in [2.05, 4.69) is 31.1 Å². The molecule has 1 N–H and O–H groups in total. The molecule has 1 saturated heterocycles. The number of halogens is 2. The quantitative estimate of drug-likeness (QED) is 0.794. The molecule has 1 aliphatic rings. The van der Waals surface area contributed by atoms with Crippen molar-refractivity contribution in [3.63, 3.8) is 0 Å². The Labute approximate surface area is 96.6 Å². The van der Waals surface area contributed by atoms with Gasteiger partial charge >= 0.3 is 0 Å². The molecular formula is C9H11BrClN3. The summed E-state index contributed by atoms with van der Waals surface area (Å²) in [6, 6.07) is 3.90. The number of pyridine rings is 1. The Balaban J connectivity index is 2.21. The van der Waals surface area contributed by atoms with E-state index in [4.69, 9.17) is 11.6 Å². The third kappa shape index (κ3) is 2.38. The lowest BCUT2D eigenvalue weighted by atomic mass is 10.3. The lowest BCUT2D eigenvalue weighted by Gasteiger charge is -2.29. The molecule has 0 radical (unpaired) electrons. The maximum atomic E-state index is 5.89. The summed E-state index contributed by atoms with van der Waals surface area (Å²) in [4.78, 5) is 6.37. The monoisotopic (exact) mass is 275 g/mol. The molecule has 0 bridgehead atoms. The molecule has 5 heteroatoms. The first-order valence-electron chi connectivity index (χ1n) is 4.54. The van der Waals surface area contributed by atoms with Gasteiger partial charge in [-0.3, -0.25) is 0 Å². The molecule has 0 amide bonds. The number of piperazine rings is 1. The molecular weight excluding hydrogens is 265 g/mol. The molecule has 1 fully saturated rings. The number of anilines is 1. The Bertz CT molecular complexity index is 306. The predicted molar refractivity (Wildman–Crippen MR) is 62.0 cm³/mol. The second-order valence-electron chi connectivity index (χ2n) is 3.21. The molecule has 1 aromatic heterocycles. The first kappa shape index (κ1) is 10.2. The van der Waals surface area contributed by atoms with Crippen LogP contribution >= 0.6 is 27.5 Å².